The zero-order chi connectivity index (χ0) is 12.0. The van der Waals surface area contributed by atoms with Crippen molar-refractivity contribution in [2.24, 2.45) is 0 Å². The number of aromatic nitrogens is 1. The van der Waals surface area contributed by atoms with Gasteiger partial charge in [-0.25, -0.2) is 0 Å². The van der Waals surface area contributed by atoms with Crippen LogP contribution in [0, 0.1) is 0 Å². The molecule has 1 aromatic rings. The van der Waals surface area contributed by atoms with Crippen molar-refractivity contribution < 1.29 is 0 Å². The van der Waals surface area contributed by atoms with Crippen LogP contribution >= 0.6 is 0 Å². The average molecular weight is 232 g/mol. The lowest BCUT2D eigenvalue weighted by Crippen LogP contribution is -2.37. The number of rotatable bonds is 1. The van der Waals surface area contributed by atoms with Gasteiger partial charge in [0, 0.05) is 23.9 Å². The minimum Gasteiger partial charge on any atom is -0.316 e. The number of nitrogens with one attached hydrogen (secondary N) is 1. The summed E-state index contributed by atoms with van der Waals surface area (Å²) in [6, 6.07) is 6.28. The molecule has 0 saturated carbocycles. The molecule has 0 radical (unpaired) electrons. The fourth-order valence-electron chi connectivity index (χ4n) is 2.69. The highest BCUT2D eigenvalue weighted by atomic mass is 14.9. The van der Waals surface area contributed by atoms with Crippen molar-refractivity contribution in [3.8, 4) is 0 Å². The zero-order valence-electron chi connectivity index (χ0n) is 10.9. The predicted molar refractivity (Wildman–Crippen MR) is 72.2 cm³/mol. The summed E-state index contributed by atoms with van der Waals surface area (Å²) in [5.41, 5.74) is 1.45. The predicted octanol–water partition coefficient (Wildman–Crippen LogP) is 3.28. The van der Waals surface area contributed by atoms with Gasteiger partial charge in [-0.1, -0.05) is 38.7 Å². The molecule has 0 amide bonds. The molecule has 2 nitrogen and oxygen atoms in total. The van der Waals surface area contributed by atoms with Gasteiger partial charge in [0.15, 0.2) is 0 Å². The van der Waals surface area contributed by atoms with Crippen molar-refractivity contribution in [1.82, 2.24) is 10.3 Å². The molecule has 2 rings (SSSR count). The highest BCUT2D eigenvalue weighted by molar-refractivity contribution is 5.16. The van der Waals surface area contributed by atoms with Gasteiger partial charge in [0.05, 0.1) is 0 Å². The van der Waals surface area contributed by atoms with E-state index in [0.717, 1.165) is 13.1 Å². The van der Waals surface area contributed by atoms with E-state index in [1.54, 1.807) is 0 Å². The van der Waals surface area contributed by atoms with Gasteiger partial charge in [0.25, 0.3) is 0 Å². The molecule has 0 spiro atoms. The Hall–Kier alpha value is -0.890. The van der Waals surface area contributed by atoms with Gasteiger partial charge < -0.3 is 5.32 Å². The van der Waals surface area contributed by atoms with Crippen molar-refractivity contribution in [2.45, 2.75) is 50.9 Å². The summed E-state index contributed by atoms with van der Waals surface area (Å²) < 4.78 is 0. The molecule has 1 N–H and O–H groups in total. The molecule has 17 heavy (non-hydrogen) atoms. The molecular formula is C15H24N2. The van der Waals surface area contributed by atoms with Gasteiger partial charge in [0.1, 0.15) is 0 Å². The largest absolute Gasteiger partial charge is 0.316 e. The SMILES string of the molecule is CC1(c2ccccn2)CCCCCCCNC1. The van der Waals surface area contributed by atoms with Crippen molar-refractivity contribution in [2.75, 3.05) is 13.1 Å². The molecule has 1 aliphatic heterocycles. The lowest BCUT2D eigenvalue weighted by molar-refractivity contribution is 0.360. The molecule has 1 aliphatic rings. The van der Waals surface area contributed by atoms with Crippen LogP contribution in [0.2, 0.25) is 0 Å². The summed E-state index contributed by atoms with van der Waals surface area (Å²) in [6.07, 6.45) is 9.96. The first-order valence-corrected chi connectivity index (χ1v) is 6.93. The Morgan fingerprint density at radius 3 is 2.76 bits per heavy atom. The molecule has 0 aromatic carbocycles. The summed E-state index contributed by atoms with van der Waals surface area (Å²) in [7, 11) is 0. The van der Waals surface area contributed by atoms with Crippen LogP contribution in [0.5, 0.6) is 0 Å². The smallest absolute Gasteiger partial charge is 0.0475 e. The second-order valence-corrected chi connectivity index (χ2v) is 5.47. The van der Waals surface area contributed by atoms with E-state index in [-0.39, 0.29) is 5.41 Å². The molecule has 1 unspecified atom stereocenters. The number of hydrogen-bond donors (Lipinski definition) is 1. The first-order chi connectivity index (χ1) is 8.31. The summed E-state index contributed by atoms with van der Waals surface area (Å²) in [5, 5.41) is 3.60. The van der Waals surface area contributed by atoms with E-state index in [1.807, 2.05) is 12.3 Å². The molecule has 94 valence electrons. The molecule has 0 aliphatic carbocycles. The third-order valence-electron chi connectivity index (χ3n) is 3.88. The van der Waals surface area contributed by atoms with Crippen LogP contribution < -0.4 is 5.32 Å². The van der Waals surface area contributed by atoms with Crippen LogP contribution in [0.25, 0.3) is 0 Å². The molecule has 1 aromatic heterocycles. The maximum atomic E-state index is 4.56. The Morgan fingerprint density at radius 2 is 1.94 bits per heavy atom. The Morgan fingerprint density at radius 1 is 1.12 bits per heavy atom. The first-order valence-electron chi connectivity index (χ1n) is 6.93. The Kier molecular flexibility index (Phi) is 4.55. The summed E-state index contributed by atoms with van der Waals surface area (Å²) in [4.78, 5) is 4.56. The van der Waals surface area contributed by atoms with Crippen LogP contribution in [-0.4, -0.2) is 18.1 Å². The third kappa shape index (κ3) is 3.53. The minimum absolute atomic E-state index is 0.207. The van der Waals surface area contributed by atoms with Crippen LogP contribution in [0.3, 0.4) is 0 Å². The Bertz CT molecular complexity index is 311. The van der Waals surface area contributed by atoms with E-state index >= 15 is 0 Å². The molecule has 2 heterocycles. The van der Waals surface area contributed by atoms with E-state index in [4.69, 9.17) is 0 Å². The number of nitrogens with zero attached hydrogens (tertiary/aromatic N) is 1. The van der Waals surface area contributed by atoms with Gasteiger partial charge in [-0.3, -0.25) is 4.98 Å². The van der Waals surface area contributed by atoms with Gasteiger partial charge >= 0.3 is 0 Å². The monoisotopic (exact) mass is 232 g/mol. The highest BCUT2D eigenvalue weighted by Gasteiger charge is 2.27. The zero-order valence-corrected chi connectivity index (χ0v) is 10.9. The van der Waals surface area contributed by atoms with Crippen LogP contribution in [0.1, 0.15) is 51.1 Å². The quantitative estimate of drug-likeness (QED) is 0.803. The lowest BCUT2D eigenvalue weighted by Gasteiger charge is -2.30. The number of pyridine rings is 1. The summed E-state index contributed by atoms with van der Waals surface area (Å²) in [5.74, 6) is 0. The molecule has 1 saturated heterocycles. The van der Waals surface area contributed by atoms with Crippen LogP contribution in [-0.2, 0) is 5.41 Å². The Balaban J connectivity index is 2.08. The summed E-state index contributed by atoms with van der Waals surface area (Å²) in [6.45, 7) is 4.57. The van der Waals surface area contributed by atoms with Gasteiger partial charge in [-0.15, -0.1) is 0 Å². The Labute approximate surface area is 105 Å². The molecule has 2 heteroatoms. The highest BCUT2D eigenvalue weighted by Crippen LogP contribution is 2.28. The molecular weight excluding hydrogens is 208 g/mol. The fraction of sp³-hybridized carbons (Fsp3) is 0.667. The second kappa shape index (κ2) is 6.15. The number of hydrogen-bond acceptors (Lipinski definition) is 2. The van der Waals surface area contributed by atoms with E-state index in [9.17, 15) is 0 Å². The van der Waals surface area contributed by atoms with E-state index in [2.05, 4.69) is 29.4 Å². The van der Waals surface area contributed by atoms with Gasteiger partial charge in [-0.05, 0) is 31.5 Å². The summed E-state index contributed by atoms with van der Waals surface area (Å²) >= 11 is 0. The van der Waals surface area contributed by atoms with E-state index < -0.39 is 0 Å². The normalized spacial score (nSPS) is 27.6. The second-order valence-electron chi connectivity index (χ2n) is 5.47. The van der Waals surface area contributed by atoms with Crippen molar-refractivity contribution >= 4 is 0 Å². The lowest BCUT2D eigenvalue weighted by atomic mass is 9.80. The van der Waals surface area contributed by atoms with E-state index in [1.165, 1.54) is 44.2 Å². The standard InChI is InChI=1S/C15H24N2/c1-15(14-9-5-8-12-17-14)10-6-3-2-4-7-11-16-13-15/h5,8-9,12,16H,2-4,6-7,10-11,13H2,1H3. The average Bonchev–Trinajstić information content (AvgIpc) is 2.38. The molecule has 1 atom stereocenters. The molecule has 0 bridgehead atoms. The molecule has 1 fully saturated rings. The van der Waals surface area contributed by atoms with Crippen molar-refractivity contribution in [3.05, 3.63) is 30.1 Å². The third-order valence-corrected chi connectivity index (χ3v) is 3.88. The maximum Gasteiger partial charge on any atom is 0.0475 e. The van der Waals surface area contributed by atoms with E-state index in [0.29, 0.717) is 0 Å². The topological polar surface area (TPSA) is 24.9 Å². The first kappa shape index (κ1) is 12.6. The fourth-order valence-corrected chi connectivity index (χ4v) is 2.69. The maximum absolute atomic E-state index is 4.56. The van der Waals surface area contributed by atoms with Gasteiger partial charge in [-0.2, -0.15) is 0 Å². The van der Waals surface area contributed by atoms with Gasteiger partial charge in [0.2, 0.25) is 0 Å². The van der Waals surface area contributed by atoms with Crippen molar-refractivity contribution in [1.29, 1.82) is 0 Å². The van der Waals surface area contributed by atoms with Crippen LogP contribution in [0.4, 0.5) is 0 Å². The van der Waals surface area contributed by atoms with Crippen molar-refractivity contribution in [3.63, 3.8) is 0 Å². The minimum atomic E-state index is 0.207. The van der Waals surface area contributed by atoms with Crippen LogP contribution in [0.15, 0.2) is 24.4 Å².